The fourth-order valence-electron chi connectivity index (χ4n) is 2.20. The Labute approximate surface area is 132 Å². The summed E-state index contributed by atoms with van der Waals surface area (Å²) in [6.45, 7) is 0.540. The number of rotatable bonds is 4. The molecule has 0 aliphatic rings. The molecule has 0 spiro atoms. The van der Waals surface area contributed by atoms with Crippen LogP contribution in [0.1, 0.15) is 5.56 Å². The van der Waals surface area contributed by atoms with Gasteiger partial charge in [0, 0.05) is 22.6 Å². The number of amides is 2. The Balaban J connectivity index is 1.51. The molecule has 0 fully saturated rings. The Hall–Kier alpha value is -2.53. The molecule has 0 saturated heterocycles. The highest BCUT2D eigenvalue weighted by molar-refractivity contribution is 6.30. The van der Waals surface area contributed by atoms with Crippen molar-refractivity contribution >= 4 is 34.2 Å². The standard InChI is InChI=1S/C16H15ClN4O/c17-13-3-1-2-11(8-13)6-7-18-16(22)20-14-5-4-12-10-19-21-15(12)9-14/h1-5,8-10H,6-7H2,(H,19,21)(H2,18,20,22). The number of fused-ring (bicyclic) bond motifs is 1. The molecule has 3 rings (SSSR count). The van der Waals surface area contributed by atoms with Crippen LogP contribution in [0.2, 0.25) is 5.02 Å². The summed E-state index contributed by atoms with van der Waals surface area (Å²) in [5.74, 6) is 0. The van der Waals surface area contributed by atoms with Crippen molar-refractivity contribution in [1.29, 1.82) is 0 Å². The van der Waals surface area contributed by atoms with Crippen molar-refractivity contribution in [2.24, 2.45) is 0 Å². The molecule has 2 amide bonds. The SMILES string of the molecule is O=C(NCCc1cccc(Cl)c1)Nc1ccc2cn[nH]c2c1. The Morgan fingerprint density at radius 2 is 2.14 bits per heavy atom. The molecule has 5 nitrogen and oxygen atoms in total. The van der Waals surface area contributed by atoms with Crippen LogP contribution in [0.15, 0.2) is 48.7 Å². The minimum atomic E-state index is -0.235. The van der Waals surface area contributed by atoms with Crippen molar-refractivity contribution in [3.8, 4) is 0 Å². The number of hydrogen-bond acceptors (Lipinski definition) is 2. The van der Waals surface area contributed by atoms with E-state index in [0.717, 1.165) is 28.6 Å². The number of halogens is 1. The highest BCUT2D eigenvalue weighted by Crippen LogP contribution is 2.16. The molecule has 1 heterocycles. The molecular weight excluding hydrogens is 300 g/mol. The third-order valence-corrected chi connectivity index (χ3v) is 3.52. The highest BCUT2D eigenvalue weighted by atomic mass is 35.5. The van der Waals surface area contributed by atoms with Crippen LogP contribution < -0.4 is 10.6 Å². The Bertz CT molecular complexity index is 799. The van der Waals surface area contributed by atoms with Gasteiger partial charge in [0.25, 0.3) is 0 Å². The molecule has 3 N–H and O–H groups in total. The number of nitrogens with one attached hydrogen (secondary N) is 3. The number of anilines is 1. The summed E-state index contributed by atoms with van der Waals surface area (Å²) in [6, 6.07) is 13.0. The van der Waals surface area contributed by atoms with Gasteiger partial charge in [-0.15, -0.1) is 0 Å². The lowest BCUT2D eigenvalue weighted by Crippen LogP contribution is -2.30. The van der Waals surface area contributed by atoms with Crippen molar-refractivity contribution < 1.29 is 4.79 Å². The van der Waals surface area contributed by atoms with E-state index in [1.54, 1.807) is 6.20 Å². The maximum Gasteiger partial charge on any atom is 0.319 e. The van der Waals surface area contributed by atoms with Crippen molar-refractivity contribution in [2.45, 2.75) is 6.42 Å². The zero-order valence-corrected chi connectivity index (χ0v) is 12.5. The predicted octanol–water partition coefficient (Wildman–Crippen LogP) is 3.58. The van der Waals surface area contributed by atoms with Gasteiger partial charge in [0.15, 0.2) is 0 Å². The number of carbonyl (C=O) groups excluding carboxylic acids is 1. The summed E-state index contributed by atoms with van der Waals surface area (Å²) < 4.78 is 0. The number of nitrogens with zero attached hydrogens (tertiary/aromatic N) is 1. The van der Waals surface area contributed by atoms with E-state index in [-0.39, 0.29) is 6.03 Å². The first kappa shape index (κ1) is 14.4. The second-order valence-electron chi connectivity index (χ2n) is 4.93. The second-order valence-corrected chi connectivity index (χ2v) is 5.37. The molecule has 22 heavy (non-hydrogen) atoms. The molecule has 3 aromatic rings. The third kappa shape index (κ3) is 3.56. The van der Waals surface area contributed by atoms with Crippen LogP contribution in [0.4, 0.5) is 10.5 Å². The minimum absolute atomic E-state index is 0.235. The second kappa shape index (κ2) is 6.49. The van der Waals surface area contributed by atoms with Crippen LogP contribution in [0, 0.1) is 0 Å². The summed E-state index contributed by atoms with van der Waals surface area (Å²) in [4.78, 5) is 11.9. The lowest BCUT2D eigenvalue weighted by molar-refractivity contribution is 0.252. The maximum absolute atomic E-state index is 11.9. The predicted molar refractivity (Wildman–Crippen MR) is 88.3 cm³/mol. The Morgan fingerprint density at radius 3 is 3.00 bits per heavy atom. The van der Waals surface area contributed by atoms with Gasteiger partial charge in [0.2, 0.25) is 0 Å². The summed E-state index contributed by atoms with van der Waals surface area (Å²) in [5.41, 5.74) is 2.69. The topological polar surface area (TPSA) is 69.8 Å². The highest BCUT2D eigenvalue weighted by Gasteiger charge is 2.03. The van der Waals surface area contributed by atoms with Gasteiger partial charge in [0.1, 0.15) is 0 Å². The normalized spacial score (nSPS) is 10.6. The lowest BCUT2D eigenvalue weighted by Gasteiger charge is -2.08. The van der Waals surface area contributed by atoms with E-state index in [1.165, 1.54) is 0 Å². The van der Waals surface area contributed by atoms with Gasteiger partial charge in [0.05, 0.1) is 11.7 Å². The van der Waals surface area contributed by atoms with E-state index < -0.39 is 0 Å². The van der Waals surface area contributed by atoms with Crippen LogP contribution in [0.25, 0.3) is 10.9 Å². The Kier molecular flexibility index (Phi) is 4.25. The molecule has 0 aliphatic heterocycles. The molecule has 2 aromatic carbocycles. The molecular formula is C16H15ClN4O. The average Bonchev–Trinajstić information content (AvgIpc) is 2.95. The molecule has 1 aromatic heterocycles. The number of aromatic nitrogens is 2. The van der Waals surface area contributed by atoms with E-state index in [9.17, 15) is 4.79 Å². The zero-order chi connectivity index (χ0) is 15.4. The molecule has 0 radical (unpaired) electrons. The van der Waals surface area contributed by atoms with Crippen LogP contribution >= 0.6 is 11.6 Å². The van der Waals surface area contributed by atoms with E-state index in [4.69, 9.17) is 11.6 Å². The van der Waals surface area contributed by atoms with Crippen LogP contribution in [0.3, 0.4) is 0 Å². The fourth-order valence-corrected chi connectivity index (χ4v) is 2.42. The number of carbonyl (C=O) groups is 1. The largest absolute Gasteiger partial charge is 0.338 e. The molecule has 6 heteroatoms. The number of urea groups is 1. The molecule has 112 valence electrons. The number of hydrogen-bond donors (Lipinski definition) is 3. The zero-order valence-electron chi connectivity index (χ0n) is 11.8. The fraction of sp³-hybridized carbons (Fsp3) is 0.125. The molecule has 0 saturated carbocycles. The van der Waals surface area contributed by atoms with Gasteiger partial charge in [-0.2, -0.15) is 5.10 Å². The van der Waals surface area contributed by atoms with Gasteiger partial charge >= 0.3 is 6.03 Å². The van der Waals surface area contributed by atoms with Gasteiger partial charge in [-0.05, 0) is 42.3 Å². The van der Waals surface area contributed by atoms with Gasteiger partial charge in [-0.25, -0.2) is 4.79 Å². The third-order valence-electron chi connectivity index (χ3n) is 3.29. The van der Waals surface area contributed by atoms with Crippen molar-refractivity contribution in [3.63, 3.8) is 0 Å². The summed E-state index contributed by atoms with van der Waals surface area (Å²) in [5, 5.41) is 14.1. The minimum Gasteiger partial charge on any atom is -0.338 e. The summed E-state index contributed by atoms with van der Waals surface area (Å²) in [7, 11) is 0. The smallest absolute Gasteiger partial charge is 0.319 e. The quantitative estimate of drug-likeness (QED) is 0.689. The van der Waals surface area contributed by atoms with Gasteiger partial charge < -0.3 is 10.6 Å². The van der Waals surface area contributed by atoms with Crippen LogP contribution in [-0.2, 0) is 6.42 Å². The maximum atomic E-state index is 11.9. The lowest BCUT2D eigenvalue weighted by atomic mass is 10.1. The van der Waals surface area contributed by atoms with E-state index >= 15 is 0 Å². The summed E-state index contributed by atoms with van der Waals surface area (Å²) >= 11 is 5.92. The average molecular weight is 315 g/mol. The van der Waals surface area contributed by atoms with E-state index in [2.05, 4.69) is 20.8 Å². The van der Waals surface area contributed by atoms with Crippen LogP contribution in [-0.4, -0.2) is 22.8 Å². The first-order chi connectivity index (χ1) is 10.7. The Morgan fingerprint density at radius 1 is 1.23 bits per heavy atom. The van der Waals surface area contributed by atoms with Crippen LogP contribution in [0.5, 0.6) is 0 Å². The van der Waals surface area contributed by atoms with Gasteiger partial charge in [-0.1, -0.05) is 23.7 Å². The van der Waals surface area contributed by atoms with E-state index in [1.807, 2.05) is 42.5 Å². The monoisotopic (exact) mass is 314 g/mol. The van der Waals surface area contributed by atoms with Crippen molar-refractivity contribution in [1.82, 2.24) is 15.5 Å². The number of H-pyrrole nitrogens is 1. The summed E-state index contributed by atoms with van der Waals surface area (Å²) in [6.07, 6.45) is 2.47. The van der Waals surface area contributed by atoms with Crippen molar-refractivity contribution in [3.05, 3.63) is 59.2 Å². The number of aromatic amines is 1. The van der Waals surface area contributed by atoms with Gasteiger partial charge in [-0.3, -0.25) is 5.10 Å². The first-order valence-corrected chi connectivity index (χ1v) is 7.31. The molecule has 0 atom stereocenters. The van der Waals surface area contributed by atoms with Crippen molar-refractivity contribution in [2.75, 3.05) is 11.9 Å². The molecule has 0 aliphatic carbocycles. The molecule has 0 unspecified atom stereocenters. The molecule has 0 bridgehead atoms. The van der Waals surface area contributed by atoms with E-state index in [0.29, 0.717) is 11.6 Å². The first-order valence-electron chi connectivity index (χ1n) is 6.93. The number of benzene rings is 2.